The van der Waals surface area contributed by atoms with Gasteiger partial charge in [0.2, 0.25) is 0 Å². The van der Waals surface area contributed by atoms with Gasteiger partial charge in [0, 0.05) is 29.9 Å². The summed E-state index contributed by atoms with van der Waals surface area (Å²) in [5.74, 6) is -0.972. The molecule has 1 saturated heterocycles. The summed E-state index contributed by atoms with van der Waals surface area (Å²) in [5, 5.41) is 25.7. The Balaban J connectivity index is 1.56. The minimum atomic E-state index is -0.972. The van der Waals surface area contributed by atoms with E-state index < -0.39 is 11.6 Å². The van der Waals surface area contributed by atoms with Crippen molar-refractivity contribution in [3.63, 3.8) is 0 Å². The van der Waals surface area contributed by atoms with Crippen molar-refractivity contribution in [3.05, 3.63) is 89.0 Å². The Labute approximate surface area is 185 Å². The number of rotatable bonds is 4. The Morgan fingerprint density at radius 2 is 1.56 bits per heavy atom. The van der Waals surface area contributed by atoms with Crippen molar-refractivity contribution in [3.8, 4) is 6.07 Å². The SMILES string of the molecule is N#Cc1ccc(C2(c3ccc(N4CCOCC4)cc3)Nc3ccc(C(=O)O)cc3N2)cc1. The lowest BCUT2D eigenvalue weighted by Gasteiger charge is -2.33. The lowest BCUT2D eigenvalue weighted by atomic mass is 9.90. The molecule has 32 heavy (non-hydrogen) atoms. The summed E-state index contributed by atoms with van der Waals surface area (Å²) in [5.41, 5.74) is 4.57. The van der Waals surface area contributed by atoms with Crippen molar-refractivity contribution < 1.29 is 14.6 Å². The van der Waals surface area contributed by atoms with E-state index in [2.05, 4.69) is 45.9 Å². The van der Waals surface area contributed by atoms with Gasteiger partial charge in [-0.2, -0.15) is 5.26 Å². The van der Waals surface area contributed by atoms with Crippen LogP contribution in [0.2, 0.25) is 0 Å². The molecule has 2 heterocycles. The van der Waals surface area contributed by atoms with E-state index in [0.29, 0.717) is 11.3 Å². The maximum Gasteiger partial charge on any atom is 0.335 e. The summed E-state index contributed by atoms with van der Waals surface area (Å²) < 4.78 is 5.45. The monoisotopic (exact) mass is 426 g/mol. The topological polar surface area (TPSA) is 97.6 Å². The van der Waals surface area contributed by atoms with Crippen LogP contribution in [-0.4, -0.2) is 37.4 Å². The fourth-order valence-corrected chi connectivity index (χ4v) is 4.32. The van der Waals surface area contributed by atoms with Crippen LogP contribution < -0.4 is 15.5 Å². The van der Waals surface area contributed by atoms with Gasteiger partial charge in [-0.25, -0.2) is 4.79 Å². The van der Waals surface area contributed by atoms with Crippen molar-refractivity contribution in [1.82, 2.24) is 0 Å². The molecular formula is C25H22N4O3. The van der Waals surface area contributed by atoms with Gasteiger partial charge in [-0.15, -0.1) is 0 Å². The average molecular weight is 426 g/mol. The quantitative estimate of drug-likeness (QED) is 0.583. The standard InChI is InChI=1S/C25H22N4O3/c26-16-17-1-4-19(5-2-17)25(27-22-10-3-18(24(30)31)15-23(22)28-25)20-6-8-21(9-7-20)29-11-13-32-14-12-29/h1-10,15,27-28H,11-14H2,(H,30,31). The highest BCUT2D eigenvalue weighted by Crippen LogP contribution is 2.44. The van der Waals surface area contributed by atoms with E-state index in [0.717, 1.165) is 48.8 Å². The first-order chi connectivity index (χ1) is 15.6. The second-order valence-corrected chi connectivity index (χ2v) is 7.90. The molecule has 3 N–H and O–H groups in total. The Morgan fingerprint density at radius 1 is 0.938 bits per heavy atom. The van der Waals surface area contributed by atoms with Crippen LogP contribution in [0.4, 0.5) is 17.1 Å². The van der Waals surface area contributed by atoms with Gasteiger partial charge in [-0.05, 0) is 42.5 Å². The highest BCUT2D eigenvalue weighted by atomic mass is 16.5. The van der Waals surface area contributed by atoms with Crippen LogP contribution in [0.3, 0.4) is 0 Å². The number of nitrogens with one attached hydrogen (secondary N) is 2. The predicted molar refractivity (Wildman–Crippen MR) is 122 cm³/mol. The third-order valence-electron chi connectivity index (χ3n) is 6.03. The second-order valence-electron chi connectivity index (χ2n) is 7.90. The number of carboxylic acids is 1. The van der Waals surface area contributed by atoms with E-state index in [-0.39, 0.29) is 5.56 Å². The maximum atomic E-state index is 11.5. The molecule has 0 aromatic heterocycles. The molecule has 1 unspecified atom stereocenters. The number of hydrogen-bond acceptors (Lipinski definition) is 6. The number of carboxylic acid groups (broad SMARTS) is 1. The molecule has 0 spiro atoms. The van der Waals surface area contributed by atoms with Gasteiger partial charge in [0.1, 0.15) is 0 Å². The van der Waals surface area contributed by atoms with Crippen LogP contribution in [0.15, 0.2) is 66.7 Å². The van der Waals surface area contributed by atoms with Gasteiger partial charge >= 0.3 is 5.97 Å². The summed E-state index contributed by atoms with van der Waals surface area (Å²) in [6, 6.07) is 22.9. The van der Waals surface area contributed by atoms with Gasteiger partial charge in [0.05, 0.1) is 41.8 Å². The first-order valence-corrected chi connectivity index (χ1v) is 10.5. The van der Waals surface area contributed by atoms with Crippen LogP contribution in [0.25, 0.3) is 0 Å². The smallest absolute Gasteiger partial charge is 0.335 e. The lowest BCUT2D eigenvalue weighted by Crippen LogP contribution is -2.40. The zero-order valence-corrected chi connectivity index (χ0v) is 17.3. The third-order valence-corrected chi connectivity index (χ3v) is 6.03. The van der Waals surface area contributed by atoms with Crippen LogP contribution in [0.1, 0.15) is 27.0 Å². The fraction of sp³-hybridized carbons (Fsp3) is 0.200. The number of morpholine rings is 1. The van der Waals surface area contributed by atoms with Gasteiger partial charge < -0.3 is 25.4 Å². The molecule has 0 bridgehead atoms. The van der Waals surface area contributed by atoms with Crippen LogP contribution in [-0.2, 0) is 10.4 Å². The number of aromatic carboxylic acids is 1. The summed E-state index contributed by atoms with van der Waals surface area (Å²) in [4.78, 5) is 13.8. The van der Waals surface area contributed by atoms with E-state index >= 15 is 0 Å². The molecule has 1 atom stereocenters. The number of carbonyl (C=O) groups is 1. The minimum absolute atomic E-state index is 0.219. The zero-order chi connectivity index (χ0) is 22.1. The van der Waals surface area contributed by atoms with Crippen molar-refractivity contribution in [2.45, 2.75) is 5.66 Å². The maximum absolute atomic E-state index is 11.5. The normalized spacial score (nSPS) is 19.4. The van der Waals surface area contributed by atoms with Crippen molar-refractivity contribution in [2.75, 3.05) is 41.8 Å². The summed E-state index contributed by atoms with van der Waals surface area (Å²) in [6.45, 7) is 3.17. The summed E-state index contributed by atoms with van der Waals surface area (Å²) >= 11 is 0. The van der Waals surface area contributed by atoms with E-state index in [1.54, 1.807) is 30.3 Å². The van der Waals surface area contributed by atoms with Crippen LogP contribution in [0.5, 0.6) is 0 Å². The zero-order valence-electron chi connectivity index (χ0n) is 17.3. The summed E-state index contributed by atoms with van der Waals surface area (Å²) in [7, 11) is 0. The van der Waals surface area contributed by atoms with Gasteiger partial charge in [0.15, 0.2) is 5.66 Å². The molecule has 1 fully saturated rings. The molecule has 3 aromatic rings. The van der Waals surface area contributed by atoms with Gasteiger partial charge in [-0.3, -0.25) is 0 Å². The molecule has 0 radical (unpaired) electrons. The van der Waals surface area contributed by atoms with Crippen molar-refractivity contribution in [2.24, 2.45) is 0 Å². The molecule has 0 saturated carbocycles. The number of nitriles is 1. The first kappa shape index (κ1) is 19.9. The largest absolute Gasteiger partial charge is 0.478 e. The molecule has 7 heteroatoms. The Morgan fingerprint density at radius 3 is 2.19 bits per heavy atom. The molecule has 3 aromatic carbocycles. The number of hydrogen-bond donors (Lipinski definition) is 3. The van der Waals surface area contributed by atoms with Gasteiger partial charge in [-0.1, -0.05) is 24.3 Å². The molecule has 160 valence electrons. The molecule has 0 aliphatic carbocycles. The van der Waals surface area contributed by atoms with Crippen LogP contribution >= 0.6 is 0 Å². The Kier molecular flexibility index (Phi) is 4.92. The van der Waals surface area contributed by atoms with Crippen molar-refractivity contribution in [1.29, 1.82) is 5.26 Å². The fourth-order valence-electron chi connectivity index (χ4n) is 4.32. The minimum Gasteiger partial charge on any atom is -0.478 e. The van der Waals surface area contributed by atoms with E-state index in [9.17, 15) is 15.2 Å². The van der Waals surface area contributed by atoms with Crippen LogP contribution in [0, 0.1) is 11.3 Å². The lowest BCUT2D eigenvalue weighted by molar-refractivity contribution is 0.0697. The number of fused-ring (bicyclic) bond motifs is 1. The number of nitrogens with zero attached hydrogens (tertiary/aromatic N) is 2. The molecule has 7 nitrogen and oxygen atoms in total. The summed E-state index contributed by atoms with van der Waals surface area (Å²) in [6.07, 6.45) is 0. The molecule has 2 aliphatic rings. The number of benzene rings is 3. The van der Waals surface area contributed by atoms with E-state index in [1.807, 2.05) is 12.1 Å². The molecule has 0 amide bonds. The average Bonchev–Trinajstić information content (AvgIpc) is 3.25. The number of anilines is 3. The molecule has 2 aliphatic heterocycles. The highest BCUT2D eigenvalue weighted by molar-refractivity contribution is 5.92. The van der Waals surface area contributed by atoms with E-state index in [4.69, 9.17) is 4.74 Å². The van der Waals surface area contributed by atoms with Gasteiger partial charge in [0.25, 0.3) is 0 Å². The van der Waals surface area contributed by atoms with E-state index in [1.165, 1.54) is 0 Å². The predicted octanol–water partition coefficient (Wildman–Crippen LogP) is 3.83. The Bertz CT molecular complexity index is 1200. The molecular weight excluding hydrogens is 404 g/mol. The first-order valence-electron chi connectivity index (χ1n) is 10.5. The Hall–Kier alpha value is -4.02. The second kappa shape index (κ2) is 7.91. The number of ether oxygens (including phenoxy) is 1. The van der Waals surface area contributed by atoms with Crippen molar-refractivity contribution >= 4 is 23.0 Å². The molecule has 5 rings (SSSR count). The highest BCUT2D eigenvalue weighted by Gasteiger charge is 2.40. The third kappa shape index (κ3) is 3.41.